The minimum Gasteiger partial charge on any atom is -0.392 e. The summed E-state index contributed by atoms with van der Waals surface area (Å²) in [5, 5.41) is 11.7. The number of aliphatic hydroxyl groups excluding tert-OH is 1. The minimum atomic E-state index is -0.395. The van der Waals surface area contributed by atoms with Crippen LogP contribution in [0.1, 0.15) is 12.5 Å². The van der Waals surface area contributed by atoms with Crippen molar-refractivity contribution in [3.63, 3.8) is 0 Å². The zero-order valence-electron chi connectivity index (χ0n) is 10.0. The number of amides is 1. The summed E-state index contributed by atoms with van der Waals surface area (Å²) in [6.07, 6.45) is 0. The number of hydrogen-bond donors (Lipinski definition) is 2. The predicted molar refractivity (Wildman–Crippen MR) is 64.3 cm³/mol. The van der Waals surface area contributed by atoms with Crippen molar-refractivity contribution in [1.29, 1.82) is 0 Å². The molecule has 17 heavy (non-hydrogen) atoms. The van der Waals surface area contributed by atoms with Crippen LogP contribution in [-0.4, -0.2) is 31.2 Å². The molecule has 1 aromatic carbocycles. The highest BCUT2D eigenvalue weighted by molar-refractivity contribution is 5.81. The molecule has 0 aliphatic rings. The van der Waals surface area contributed by atoms with Crippen molar-refractivity contribution in [2.24, 2.45) is 0 Å². The van der Waals surface area contributed by atoms with Crippen LogP contribution in [0, 0.1) is 5.82 Å². The number of anilines is 1. The van der Waals surface area contributed by atoms with Gasteiger partial charge >= 0.3 is 0 Å². The third-order valence-corrected chi connectivity index (χ3v) is 2.55. The van der Waals surface area contributed by atoms with E-state index in [9.17, 15) is 14.3 Å². The summed E-state index contributed by atoms with van der Waals surface area (Å²) in [6.45, 7) is 2.43. The Kier molecular flexibility index (Phi) is 4.90. The second-order valence-corrected chi connectivity index (χ2v) is 3.62. The van der Waals surface area contributed by atoms with E-state index in [4.69, 9.17) is 0 Å². The van der Waals surface area contributed by atoms with E-state index in [-0.39, 0.29) is 19.1 Å². The van der Waals surface area contributed by atoms with Crippen LogP contribution >= 0.6 is 0 Å². The van der Waals surface area contributed by atoms with Gasteiger partial charge in [-0.3, -0.25) is 4.79 Å². The molecule has 0 aromatic heterocycles. The number of nitrogens with one attached hydrogen (secondary N) is 1. The summed E-state index contributed by atoms with van der Waals surface area (Å²) in [5.41, 5.74) is 1.16. The first kappa shape index (κ1) is 13.4. The van der Waals surface area contributed by atoms with E-state index in [1.54, 1.807) is 18.0 Å². The maximum absolute atomic E-state index is 13.0. The van der Waals surface area contributed by atoms with Crippen molar-refractivity contribution in [1.82, 2.24) is 5.32 Å². The number of likely N-dealkylation sites (N-methyl/N-ethyl adjacent to an activating group) is 2. The first-order chi connectivity index (χ1) is 8.12. The lowest BCUT2D eigenvalue weighted by Crippen LogP contribution is -2.36. The molecule has 0 atom stereocenters. The van der Waals surface area contributed by atoms with Crippen molar-refractivity contribution >= 4 is 11.6 Å². The van der Waals surface area contributed by atoms with E-state index in [2.05, 4.69) is 5.32 Å². The molecule has 0 spiro atoms. The van der Waals surface area contributed by atoms with Gasteiger partial charge in [-0.2, -0.15) is 0 Å². The molecule has 2 N–H and O–H groups in total. The van der Waals surface area contributed by atoms with E-state index in [1.165, 1.54) is 12.1 Å². The molecule has 0 bridgehead atoms. The minimum absolute atomic E-state index is 0.125. The topological polar surface area (TPSA) is 52.6 Å². The van der Waals surface area contributed by atoms with E-state index in [0.717, 1.165) is 0 Å². The smallest absolute Gasteiger partial charge is 0.239 e. The maximum Gasteiger partial charge on any atom is 0.239 e. The summed E-state index contributed by atoms with van der Waals surface area (Å²) >= 11 is 0. The van der Waals surface area contributed by atoms with Crippen molar-refractivity contribution in [3.8, 4) is 0 Å². The van der Waals surface area contributed by atoms with Crippen LogP contribution in [0.4, 0.5) is 10.1 Å². The molecule has 1 rings (SSSR count). The number of aliphatic hydroxyl groups is 1. The van der Waals surface area contributed by atoms with Crippen molar-refractivity contribution in [2.45, 2.75) is 13.5 Å². The monoisotopic (exact) mass is 240 g/mol. The van der Waals surface area contributed by atoms with Crippen molar-refractivity contribution < 1.29 is 14.3 Å². The van der Waals surface area contributed by atoms with Gasteiger partial charge in [-0.15, -0.1) is 0 Å². The number of rotatable bonds is 5. The number of benzene rings is 1. The molecule has 4 nitrogen and oxygen atoms in total. The summed E-state index contributed by atoms with van der Waals surface area (Å²) in [6, 6.07) is 4.18. The number of nitrogens with zero attached hydrogens (tertiary/aromatic N) is 1. The van der Waals surface area contributed by atoms with Crippen LogP contribution in [-0.2, 0) is 11.4 Å². The molecule has 0 aliphatic carbocycles. The molecule has 0 heterocycles. The lowest BCUT2D eigenvalue weighted by atomic mass is 10.1. The van der Waals surface area contributed by atoms with Gasteiger partial charge in [0.05, 0.1) is 13.2 Å². The van der Waals surface area contributed by atoms with Crippen molar-refractivity contribution in [2.75, 3.05) is 25.0 Å². The first-order valence-corrected chi connectivity index (χ1v) is 5.47. The molecule has 0 saturated carbocycles. The fourth-order valence-corrected chi connectivity index (χ4v) is 1.61. The Morgan fingerprint density at radius 3 is 2.76 bits per heavy atom. The Morgan fingerprint density at radius 2 is 2.24 bits per heavy atom. The van der Waals surface area contributed by atoms with Crippen LogP contribution in [0.5, 0.6) is 0 Å². The van der Waals surface area contributed by atoms with Gasteiger partial charge in [0.15, 0.2) is 0 Å². The summed E-state index contributed by atoms with van der Waals surface area (Å²) in [7, 11) is 1.56. The third kappa shape index (κ3) is 3.42. The Bertz CT molecular complexity index is 396. The fraction of sp³-hybridized carbons (Fsp3) is 0.417. The van der Waals surface area contributed by atoms with Crippen LogP contribution < -0.4 is 10.2 Å². The molecule has 1 aromatic rings. The highest BCUT2D eigenvalue weighted by Gasteiger charge is 2.13. The molecule has 0 radical (unpaired) electrons. The zero-order valence-corrected chi connectivity index (χ0v) is 10.0. The third-order valence-electron chi connectivity index (χ3n) is 2.55. The number of hydrogen-bond acceptors (Lipinski definition) is 3. The van der Waals surface area contributed by atoms with E-state index in [1.807, 2.05) is 6.92 Å². The van der Waals surface area contributed by atoms with Crippen LogP contribution in [0.2, 0.25) is 0 Å². The van der Waals surface area contributed by atoms with Gasteiger partial charge in [-0.1, -0.05) is 0 Å². The normalized spacial score (nSPS) is 10.1. The van der Waals surface area contributed by atoms with Gasteiger partial charge in [0.25, 0.3) is 0 Å². The molecule has 0 aliphatic heterocycles. The second-order valence-electron chi connectivity index (χ2n) is 3.62. The average Bonchev–Trinajstić information content (AvgIpc) is 2.35. The molecule has 0 fully saturated rings. The average molecular weight is 240 g/mol. The number of carbonyl (C=O) groups excluding carboxylic acids is 1. The van der Waals surface area contributed by atoms with Gasteiger partial charge in [-0.25, -0.2) is 4.39 Å². The molecule has 0 unspecified atom stereocenters. The van der Waals surface area contributed by atoms with Crippen molar-refractivity contribution in [3.05, 3.63) is 29.6 Å². The molecular formula is C12H17FN2O2. The fourth-order valence-electron chi connectivity index (χ4n) is 1.61. The largest absolute Gasteiger partial charge is 0.392 e. The lowest BCUT2D eigenvalue weighted by Gasteiger charge is -2.24. The van der Waals surface area contributed by atoms with Crippen LogP contribution in [0.15, 0.2) is 18.2 Å². The summed E-state index contributed by atoms with van der Waals surface area (Å²) < 4.78 is 13.0. The summed E-state index contributed by atoms with van der Waals surface area (Å²) in [5.74, 6) is -0.520. The standard InChI is InChI=1S/C12H17FN2O2/c1-3-15(7-12(17)14-2)11-5-4-10(13)6-9(11)8-16/h4-6,16H,3,7-8H2,1-2H3,(H,14,17). The maximum atomic E-state index is 13.0. The Balaban J connectivity index is 2.98. The van der Waals surface area contributed by atoms with E-state index < -0.39 is 5.82 Å². The number of carbonyl (C=O) groups is 1. The van der Waals surface area contributed by atoms with E-state index >= 15 is 0 Å². The molecule has 1 amide bonds. The first-order valence-electron chi connectivity index (χ1n) is 5.47. The highest BCUT2D eigenvalue weighted by atomic mass is 19.1. The van der Waals surface area contributed by atoms with Crippen LogP contribution in [0.3, 0.4) is 0 Å². The van der Waals surface area contributed by atoms with Gasteiger partial charge in [0.1, 0.15) is 5.82 Å². The van der Waals surface area contributed by atoms with E-state index in [0.29, 0.717) is 17.8 Å². The Labute approximate surface area is 100 Å². The van der Waals surface area contributed by atoms with Gasteiger partial charge < -0.3 is 15.3 Å². The Hall–Kier alpha value is -1.62. The van der Waals surface area contributed by atoms with Gasteiger partial charge in [-0.05, 0) is 25.1 Å². The zero-order chi connectivity index (χ0) is 12.8. The summed E-state index contributed by atoms with van der Waals surface area (Å²) in [4.78, 5) is 13.1. The molecule has 0 saturated heterocycles. The van der Waals surface area contributed by atoms with Gasteiger partial charge in [0, 0.05) is 24.8 Å². The molecule has 94 valence electrons. The quantitative estimate of drug-likeness (QED) is 0.803. The second kappa shape index (κ2) is 6.20. The number of halogens is 1. The Morgan fingerprint density at radius 1 is 1.53 bits per heavy atom. The molecular weight excluding hydrogens is 223 g/mol. The predicted octanol–water partition coefficient (Wildman–Crippen LogP) is 0.890. The highest BCUT2D eigenvalue weighted by Crippen LogP contribution is 2.21. The van der Waals surface area contributed by atoms with Gasteiger partial charge in [0.2, 0.25) is 5.91 Å². The SMILES string of the molecule is CCN(CC(=O)NC)c1ccc(F)cc1CO. The molecule has 5 heteroatoms. The lowest BCUT2D eigenvalue weighted by molar-refractivity contribution is -0.119. The van der Waals surface area contributed by atoms with Crippen LogP contribution in [0.25, 0.3) is 0 Å².